The molecular weight excluding hydrogens is 526 g/mol. The zero-order valence-electron chi connectivity index (χ0n) is 21.5. The highest BCUT2D eigenvalue weighted by Crippen LogP contribution is 2.36. The minimum Gasteiger partial charge on any atom is -0.278 e. The molecule has 0 aliphatic carbocycles. The Balaban J connectivity index is 1.42. The fourth-order valence-electron chi connectivity index (χ4n) is 5.93. The summed E-state index contributed by atoms with van der Waals surface area (Å²) in [6.07, 6.45) is 0. The van der Waals surface area contributed by atoms with Crippen molar-refractivity contribution in [3.8, 4) is 17.2 Å². The van der Waals surface area contributed by atoms with Gasteiger partial charge in [0.05, 0.1) is 38.7 Å². The summed E-state index contributed by atoms with van der Waals surface area (Å²) in [5.41, 5.74) is 6.30. The number of fused-ring (bicyclic) bond motifs is 8. The molecule has 7 heteroatoms. The number of aromatic nitrogens is 5. The van der Waals surface area contributed by atoms with Gasteiger partial charge in [-0.25, -0.2) is 19.4 Å². The Kier molecular flexibility index (Phi) is 4.54. The Bertz CT molecular complexity index is 2560. The second kappa shape index (κ2) is 8.30. The van der Waals surface area contributed by atoms with Crippen molar-refractivity contribution < 1.29 is 0 Å². The number of imidazole rings is 1. The van der Waals surface area contributed by atoms with Crippen molar-refractivity contribution in [3.05, 3.63) is 126 Å². The van der Waals surface area contributed by atoms with Gasteiger partial charge in [-0.3, -0.25) is 9.36 Å². The summed E-state index contributed by atoms with van der Waals surface area (Å²) in [6, 6.07) is 38.5. The maximum absolute atomic E-state index is 13.9. The second-order valence-corrected chi connectivity index (χ2v) is 11.1. The Morgan fingerprint density at radius 3 is 2.12 bits per heavy atom. The Morgan fingerprint density at radius 2 is 1.27 bits per heavy atom. The van der Waals surface area contributed by atoms with E-state index in [0.717, 1.165) is 59.7 Å². The molecule has 0 saturated heterocycles. The van der Waals surface area contributed by atoms with Gasteiger partial charge in [-0.1, -0.05) is 90.2 Å². The zero-order valence-corrected chi connectivity index (χ0v) is 22.3. The van der Waals surface area contributed by atoms with Gasteiger partial charge in [0.25, 0.3) is 5.56 Å². The number of hydrogen-bond acceptors (Lipinski definition) is 5. The van der Waals surface area contributed by atoms with Gasteiger partial charge >= 0.3 is 0 Å². The fraction of sp³-hybridized carbons (Fsp3) is 0. The molecule has 0 unspecified atom stereocenters. The Labute approximate surface area is 236 Å². The van der Waals surface area contributed by atoms with Crippen LogP contribution in [0.15, 0.2) is 120 Å². The van der Waals surface area contributed by atoms with E-state index in [1.807, 2.05) is 78.9 Å². The lowest BCUT2D eigenvalue weighted by Crippen LogP contribution is -2.11. The van der Waals surface area contributed by atoms with Gasteiger partial charge in [0, 0.05) is 26.4 Å². The van der Waals surface area contributed by atoms with E-state index in [2.05, 4.69) is 41.0 Å². The number of rotatable bonds is 2. The van der Waals surface area contributed by atoms with Gasteiger partial charge in [-0.05, 0) is 36.4 Å². The maximum Gasteiger partial charge on any atom is 0.266 e. The standard InChI is InChI=1S/C34H19N5OS/c40-32-24-18-23-21-12-5-8-16-27(21)38(29(23)19-30(24)41-34-36-26-15-7-9-17-28(26)39(32)34)33-35-25-14-6-4-13-22(25)31(37-33)20-10-2-1-3-11-20/h1-19H. The third-order valence-electron chi connectivity index (χ3n) is 7.78. The highest BCUT2D eigenvalue weighted by Gasteiger charge is 2.19. The average molecular weight is 546 g/mol. The lowest BCUT2D eigenvalue weighted by Gasteiger charge is -2.11. The van der Waals surface area contributed by atoms with E-state index in [1.165, 1.54) is 11.3 Å². The van der Waals surface area contributed by atoms with E-state index < -0.39 is 0 Å². The first-order chi connectivity index (χ1) is 20.2. The molecule has 4 aromatic heterocycles. The minimum absolute atomic E-state index is 0.0606. The number of hydrogen-bond donors (Lipinski definition) is 0. The summed E-state index contributed by atoms with van der Waals surface area (Å²) < 4.78 is 4.72. The van der Waals surface area contributed by atoms with E-state index in [4.69, 9.17) is 15.0 Å². The van der Waals surface area contributed by atoms with Gasteiger partial charge in [0.15, 0.2) is 4.96 Å². The van der Waals surface area contributed by atoms with E-state index in [9.17, 15) is 4.79 Å². The van der Waals surface area contributed by atoms with Crippen molar-refractivity contribution in [2.45, 2.75) is 0 Å². The smallest absolute Gasteiger partial charge is 0.266 e. The molecule has 0 atom stereocenters. The molecule has 0 aliphatic heterocycles. The van der Waals surface area contributed by atoms with Crippen LogP contribution in [0.4, 0.5) is 0 Å². The first kappa shape index (κ1) is 22.4. The van der Waals surface area contributed by atoms with Crippen molar-refractivity contribution in [3.63, 3.8) is 0 Å². The van der Waals surface area contributed by atoms with Crippen molar-refractivity contribution >= 4 is 70.1 Å². The first-order valence-electron chi connectivity index (χ1n) is 13.3. The molecule has 0 radical (unpaired) electrons. The predicted molar refractivity (Wildman–Crippen MR) is 167 cm³/mol. The van der Waals surface area contributed by atoms with Gasteiger partial charge < -0.3 is 0 Å². The van der Waals surface area contributed by atoms with Crippen LogP contribution in [0.2, 0.25) is 0 Å². The van der Waals surface area contributed by atoms with E-state index in [1.54, 1.807) is 4.40 Å². The molecule has 6 nitrogen and oxygen atoms in total. The molecule has 41 heavy (non-hydrogen) atoms. The highest BCUT2D eigenvalue weighted by molar-refractivity contribution is 7.23. The number of nitrogens with zero attached hydrogens (tertiary/aromatic N) is 5. The molecule has 0 aliphatic rings. The van der Waals surface area contributed by atoms with Crippen LogP contribution < -0.4 is 5.56 Å². The summed E-state index contributed by atoms with van der Waals surface area (Å²) in [6.45, 7) is 0. The Morgan fingerprint density at radius 1 is 0.561 bits per heavy atom. The van der Waals surface area contributed by atoms with Crippen LogP contribution in [0.1, 0.15) is 0 Å². The molecular formula is C34H19N5OS. The fourth-order valence-corrected chi connectivity index (χ4v) is 6.97. The van der Waals surface area contributed by atoms with Crippen LogP contribution in [-0.4, -0.2) is 23.9 Å². The first-order valence-corrected chi connectivity index (χ1v) is 14.2. The molecule has 0 spiro atoms. The summed E-state index contributed by atoms with van der Waals surface area (Å²) in [5, 5.41) is 3.70. The van der Waals surface area contributed by atoms with Crippen LogP contribution in [-0.2, 0) is 0 Å². The van der Waals surface area contributed by atoms with Crippen LogP contribution in [0.5, 0.6) is 0 Å². The van der Waals surface area contributed by atoms with Crippen molar-refractivity contribution in [2.75, 3.05) is 0 Å². The second-order valence-electron chi connectivity index (χ2n) is 10.1. The van der Waals surface area contributed by atoms with Crippen molar-refractivity contribution in [1.29, 1.82) is 0 Å². The van der Waals surface area contributed by atoms with Gasteiger partial charge in [0.1, 0.15) is 0 Å². The zero-order chi connectivity index (χ0) is 27.1. The SMILES string of the molecule is O=c1c2cc3c4ccccc4n(-c4nc(-c5ccccc5)c5ccccc5n4)c3cc2sc2nc3ccccc3n12. The molecule has 5 aromatic carbocycles. The third-order valence-corrected chi connectivity index (χ3v) is 8.79. The molecule has 0 saturated carbocycles. The van der Waals surface area contributed by atoms with Gasteiger partial charge in [0.2, 0.25) is 5.95 Å². The van der Waals surface area contributed by atoms with Crippen LogP contribution >= 0.6 is 11.3 Å². The summed E-state index contributed by atoms with van der Waals surface area (Å²) >= 11 is 1.52. The van der Waals surface area contributed by atoms with Crippen LogP contribution in [0.25, 0.3) is 76.0 Å². The maximum atomic E-state index is 13.9. The topological polar surface area (TPSA) is 65.1 Å². The van der Waals surface area contributed by atoms with E-state index >= 15 is 0 Å². The van der Waals surface area contributed by atoms with Gasteiger partial charge in [-0.2, -0.15) is 0 Å². The lowest BCUT2D eigenvalue weighted by atomic mass is 10.1. The number of para-hydroxylation sites is 4. The third kappa shape index (κ3) is 3.18. The normalized spacial score (nSPS) is 12.0. The predicted octanol–water partition coefficient (Wildman–Crippen LogP) is 7.77. The summed E-state index contributed by atoms with van der Waals surface area (Å²) in [7, 11) is 0. The quantitative estimate of drug-likeness (QED) is 0.223. The lowest BCUT2D eigenvalue weighted by molar-refractivity contribution is 1.01. The van der Waals surface area contributed by atoms with E-state index in [-0.39, 0.29) is 5.56 Å². The highest BCUT2D eigenvalue weighted by atomic mass is 32.1. The molecule has 0 N–H and O–H groups in total. The van der Waals surface area contributed by atoms with Crippen LogP contribution in [0.3, 0.4) is 0 Å². The van der Waals surface area contributed by atoms with Crippen molar-refractivity contribution in [2.24, 2.45) is 0 Å². The minimum atomic E-state index is -0.0606. The molecule has 9 aromatic rings. The van der Waals surface area contributed by atoms with Crippen LogP contribution in [0, 0.1) is 0 Å². The number of benzene rings is 5. The van der Waals surface area contributed by atoms with E-state index in [0.29, 0.717) is 16.3 Å². The summed E-state index contributed by atoms with van der Waals surface area (Å²) in [5.74, 6) is 0.591. The largest absolute Gasteiger partial charge is 0.278 e. The molecule has 4 heterocycles. The van der Waals surface area contributed by atoms with Gasteiger partial charge in [-0.15, -0.1) is 0 Å². The molecule has 192 valence electrons. The average Bonchev–Trinajstić information content (AvgIpc) is 3.55. The molecule has 0 bridgehead atoms. The molecule has 0 amide bonds. The summed E-state index contributed by atoms with van der Waals surface area (Å²) in [4.78, 5) is 29.5. The monoisotopic (exact) mass is 545 g/mol. The molecule has 9 rings (SSSR count). The molecule has 0 fully saturated rings. The Hall–Kier alpha value is -5.40. The van der Waals surface area contributed by atoms with Crippen molar-refractivity contribution in [1.82, 2.24) is 23.9 Å².